The van der Waals surface area contributed by atoms with E-state index in [9.17, 15) is 4.39 Å². The number of aromatic nitrogens is 2. The van der Waals surface area contributed by atoms with Crippen LogP contribution in [0.5, 0.6) is 0 Å². The molecule has 6 heteroatoms. The Kier molecular flexibility index (Phi) is 5.31. The predicted octanol–water partition coefficient (Wildman–Crippen LogP) is 4.35. The Hall–Kier alpha value is -3.15. The molecule has 0 aliphatic rings. The molecule has 0 saturated heterocycles. The monoisotopic (exact) mass is 351 g/mol. The van der Waals surface area contributed by atoms with Crippen LogP contribution in [0.4, 0.5) is 27.5 Å². The lowest BCUT2D eigenvalue weighted by Crippen LogP contribution is -2.08. The molecule has 0 aliphatic carbocycles. The summed E-state index contributed by atoms with van der Waals surface area (Å²) < 4.78 is 13.0. The Balaban J connectivity index is 1.69. The van der Waals surface area contributed by atoms with Crippen LogP contribution in [-0.2, 0) is 6.54 Å². The van der Waals surface area contributed by atoms with Gasteiger partial charge in [0, 0.05) is 43.8 Å². The van der Waals surface area contributed by atoms with E-state index in [0.29, 0.717) is 18.3 Å². The highest BCUT2D eigenvalue weighted by atomic mass is 19.1. The van der Waals surface area contributed by atoms with Crippen molar-refractivity contribution in [2.45, 2.75) is 13.5 Å². The summed E-state index contributed by atoms with van der Waals surface area (Å²) in [5.41, 5.74) is 3.89. The number of nitrogens with zero attached hydrogens (tertiary/aromatic N) is 3. The Morgan fingerprint density at radius 1 is 0.962 bits per heavy atom. The molecule has 2 N–H and O–H groups in total. The molecule has 1 heterocycles. The Bertz CT molecular complexity index is 860. The van der Waals surface area contributed by atoms with Gasteiger partial charge in [0.2, 0.25) is 5.95 Å². The van der Waals surface area contributed by atoms with E-state index in [2.05, 4.69) is 20.6 Å². The maximum absolute atomic E-state index is 13.0. The first kappa shape index (κ1) is 17.7. The molecule has 3 rings (SSSR count). The van der Waals surface area contributed by atoms with Crippen molar-refractivity contribution in [2.24, 2.45) is 0 Å². The third-order valence-corrected chi connectivity index (χ3v) is 3.88. The summed E-state index contributed by atoms with van der Waals surface area (Å²) in [5.74, 6) is 1.01. The van der Waals surface area contributed by atoms with Gasteiger partial charge in [-0.15, -0.1) is 0 Å². The first-order valence-corrected chi connectivity index (χ1v) is 8.38. The zero-order valence-electron chi connectivity index (χ0n) is 15.1. The van der Waals surface area contributed by atoms with Crippen molar-refractivity contribution >= 4 is 23.1 Å². The van der Waals surface area contributed by atoms with Gasteiger partial charge in [0.05, 0.1) is 0 Å². The highest BCUT2D eigenvalue weighted by Crippen LogP contribution is 2.19. The molecule has 5 nitrogen and oxygen atoms in total. The molecule has 0 amide bonds. The number of halogens is 1. The minimum absolute atomic E-state index is 0.238. The van der Waals surface area contributed by atoms with Crippen LogP contribution in [0.3, 0.4) is 0 Å². The van der Waals surface area contributed by atoms with Gasteiger partial charge >= 0.3 is 0 Å². The number of hydrogen-bond donors (Lipinski definition) is 2. The highest BCUT2D eigenvalue weighted by molar-refractivity contribution is 5.59. The molecule has 1 aromatic heterocycles. The van der Waals surface area contributed by atoms with Gasteiger partial charge in [0.15, 0.2) is 0 Å². The fourth-order valence-corrected chi connectivity index (χ4v) is 2.48. The minimum atomic E-state index is -0.238. The fourth-order valence-electron chi connectivity index (χ4n) is 2.48. The first-order chi connectivity index (χ1) is 12.5. The summed E-state index contributed by atoms with van der Waals surface area (Å²) >= 11 is 0. The van der Waals surface area contributed by atoms with Crippen LogP contribution in [0.15, 0.2) is 54.6 Å². The van der Waals surface area contributed by atoms with Gasteiger partial charge in [-0.3, -0.25) is 0 Å². The summed E-state index contributed by atoms with van der Waals surface area (Å²) in [5, 5.41) is 6.48. The van der Waals surface area contributed by atoms with Crippen molar-refractivity contribution in [3.63, 3.8) is 0 Å². The summed E-state index contributed by atoms with van der Waals surface area (Å²) in [4.78, 5) is 11.0. The van der Waals surface area contributed by atoms with Gasteiger partial charge in [0.1, 0.15) is 11.6 Å². The molecule has 134 valence electrons. The SMILES string of the molecule is Cc1cc(NCc2ccc(F)cc2)nc(Nc2ccc(N(C)C)cc2)n1. The van der Waals surface area contributed by atoms with Crippen LogP contribution in [0.2, 0.25) is 0 Å². The Morgan fingerprint density at radius 2 is 1.65 bits per heavy atom. The number of nitrogens with one attached hydrogen (secondary N) is 2. The van der Waals surface area contributed by atoms with Crippen molar-refractivity contribution in [3.05, 3.63) is 71.7 Å². The van der Waals surface area contributed by atoms with Crippen LogP contribution in [-0.4, -0.2) is 24.1 Å². The van der Waals surface area contributed by atoms with Crippen molar-refractivity contribution in [3.8, 4) is 0 Å². The molecular weight excluding hydrogens is 329 g/mol. The van der Waals surface area contributed by atoms with Gasteiger partial charge in [-0.2, -0.15) is 4.98 Å². The minimum Gasteiger partial charge on any atom is -0.378 e. The average Bonchev–Trinajstić information content (AvgIpc) is 2.61. The number of anilines is 4. The van der Waals surface area contributed by atoms with Crippen molar-refractivity contribution in [2.75, 3.05) is 29.6 Å². The fraction of sp³-hybridized carbons (Fsp3) is 0.200. The maximum Gasteiger partial charge on any atom is 0.229 e. The Morgan fingerprint density at radius 3 is 2.31 bits per heavy atom. The second-order valence-corrected chi connectivity index (χ2v) is 6.26. The van der Waals surface area contributed by atoms with Gasteiger partial charge in [-0.05, 0) is 48.9 Å². The lowest BCUT2D eigenvalue weighted by molar-refractivity contribution is 0.627. The standard InChI is InChI=1S/C20H22FN5/c1-14-12-19(22-13-15-4-6-16(21)7-5-15)25-20(23-14)24-17-8-10-18(11-9-17)26(2)3/h4-12H,13H2,1-3H3,(H2,22,23,24,25). The third kappa shape index (κ3) is 4.69. The van der Waals surface area contributed by atoms with Gasteiger partial charge in [0.25, 0.3) is 0 Å². The molecule has 0 aliphatic heterocycles. The van der Waals surface area contributed by atoms with Gasteiger partial charge < -0.3 is 15.5 Å². The van der Waals surface area contributed by atoms with Gasteiger partial charge in [-0.1, -0.05) is 12.1 Å². The largest absolute Gasteiger partial charge is 0.378 e. The third-order valence-electron chi connectivity index (χ3n) is 3.88. The van der Waals surface area contributed by atoms with E-state index in [1.54, 1.807) is 12.1 Å². The smallest absolute Gasteiger partial charge is 0.229 e. The average molecular weight is 351 g/mol. The van der Waals surface area contributed by atoms with E-state index < -0.39 is 0 Å². The predicted molar refractivity (Wildman–Crippen MR) is 105 cm³/mol. The summed E-state index contributed by atoms with van der Waals surface area (Å²) in [7, 11) is 4.01. The molecule has 3 aromatic rings. The Labute approximate surface area is 152 Å². The first-order valence-electron chi connectivity index (χ1n) is 8.38. The maximum atomic E-state index is 13.0. The van der Waals surface area contributed by atoms with E-state index in [1.165, 1.54) is 12.1 Å². The summed E-state index contributed by atoms with van der Waals surface area (Å²) in [6, 6.07) is 16.3. The topological polar surface area (TPSA) is 53.1 Å². The van der Waals surface area contributed by atoms with Crippen LogP contribution in [0.1, 0.15) is 11.3 Å². The number of rotatable bonds is 6. The molecule has 0 spiro atoms. The van der Waals surface area contributed by atoms with Crippen molar-refractivity contribution in [1.82, 2.24) is 9.97 Å². The second-order valence-electron chi connectivity index (χ2n) is 6.26. The van der Waals surface area contributed by atoms with E-state index in [4.69, 9.17) is 0 Å². The lowest BCUT2D eigenvalue weighted by Gasteiger charge is -2.13. The zero-order chi connectivity index (χ0) is 18.5. The highest BCUT2D eigenvalue weighted by Gasteiger charge is 2.04. The van der Waals surface area contributed by atoms with E-state index in [0.717, 1.165) is 22.6 Å². The van der Waals surface area contributed by atoms with Crippen LogP contribution in [0.25, 0.3) is 0 Å². The molecule has 0 fully saturated rings. The van der Waals surface area contributed by atoms with Crippen molar-refractivity contribution in [1.29, 1.82) is 0 Å². The van der Waals surface area contributed by atoms with E-state index in [1.807, 2.05) is 56.3 Å². The molecule has 0 bridgehead atoms. The van der Waals surface area contributed by atoms with Gasteiger partial charge in [-0.25, -0.2) is 9.37 Å². The molecular formula is C20H22FN5. The number of benzene rings is 2. The normalized spacial score (nSPS) is 10.5. The van der Waals surface area contributed by atoms with E-state index >= 15 is 0 Å². The molecule has 26 heavy (non-hydrogen) atoms. The second kappa shape index (κ2) is 7.82. The van der Waals surface area contributed by atoms with Crippen molar-refractivity contribution < 1.29 is 4.39 Å². The quantitative estimate of drug-likeness (QED) is 0.692. The lowest BCUT2D eigenvalue weighted by atomic mass is 10.2. The molecule has 0 unspecified atom stereocenters. The summed E-state index contributed by atoms with van der Waals surface area (Å²) in [6.45, 7) is 2.48. The molecule has 0 saturated carbocycles. The number of aryl methyl sites for hydroxylation is 1. The number of hydrogen-bond acceptors (Lipinski definition) is 5. The van der Waals surface area contributed by atoms with Crippen LogP contribution in [0, 0.1) is 12.7 Å². The van der Waals surface area contributed by atoms with Crippen LogP contribution < -0.4 is 15.5 Å². The zero-order valence-corrected chi connectivity index (χ0v) is 15.1. The molecule has 2 aromatic carbocycles. The summed E-state index contributed by atoms with van der Waals surface area (Å²) in [6.07, 6.45) is 0. The molecule has 0 radical (unpaired) electrons. The van der Waals surface area contributed by atoms with E-state index in [-0.39, 0.29) is 5.82 Å². The molecule has 0 atom stereocenters. The van der Waals surface area contributed by atoms with Crippen LogP contribution >= 0.6 is 0 Å².